The SMILES string of the molecule is CC1(C)OCC(OC(=O)/C(C#N)=N/O)O1. The van der Waals surface area contributed by atoms with Crippen molar-refractivity contribution in [2.45, 2.75) is 25.9 Å². The minimum absolute atomic E-state index is 0.0723. The first kappa shape index (κ1) is 11.4. The zero-order valence-corrected chi connectivity index (χ0v) is 8.26. The molecule has 0 aliphatic carbocycles. The van der Waals surface area contributed by atoms with Crippen LogP contribution in [0, 0.1) is 11.3 Å². The maximum Gasteiger partial charge on any atom is 0.373 e. The molecule has 0 amide bonds. The van der Waals surface area contributed by atoms with Gasteiger partial charge in [-0.25, -0.2) is 4.79 Å². The van der Waals surface area contributed by atoms with E-state index in [2.05, 4.69) is 5.16 Å². The smallest absolute Gasteiger partial charge is 0.373 e. The number of rotatable bonds is 2. The van der Waals surface area contributed by atoms with Crippen molar-refractivity contribution < 1.29 is 24.2 Å². The fraction of sp³-hybridized carbons (Fsp3) is 0.625. The van der Waals surface area contributed by atoms with E-state index in [1.807, 2.05) is 0 Å². The molecule has 7 heteroatoms. The number of esters is 1. The quantitative estimate of drug-likeness (QED) is 0.300. The van der Waals surface area contributed by atoms with Gasteiger partial charge in [-0.2, -0.15) is 5.26 Å². The number of ether oxygens (including phenoxy) is 3. The summed E-state index contributed by atoms with van der Waals surface area (Å²) in [5.41, 5.74) is -0.733. The second-order valence-corrected chi connectivity index (χ2v) is 3.22. The average molecular weight is 214 g/mol. The van der Waals surface area contributed by atoms with Crippen LogP contribution in [-0.4, -0.2) is 35.6 Å². The van der Waals surface area contributed by atoms with E-state index in [4.69, 9.17) is 24.7 Å². The first-order valence-corrected chi connectivity index (χ1v) is 4.13. The lowest BCUT2D eigenvalue weighted by Crippen LogP contribution is -2.27. The topological polar surface area (TPSA) is 101 Å². The third-order valence-electron chi connectivity index (χ3n) is 1.62. The molecular formula is C8H10N2O5. The summed E-state index contributed by atoms with van der Waals surface area (Å²) in [4.78, 5) is 11.1. The Kier molecular flexibility index (Phi) is 3.24. The first-order valence-electron chi connectivity index (χ1n) is 4.13. The lowest BCUT2D eigenvalue weighted by molar-refractivity contribution is -0.192. The molecule has 7 nitrogen and oxygen atoms in total. The summed E-state index contributed by atoms with van der Waals surface area (Å²) >= 11 is 0. The summed E-state index contributed by atoms with van der Waals surface area (Å²) in [6.45, 7) is 3.39. The van der Waals surface area contributed by atoms with Crippen LogP contribution in [0.4, 0.5) is 0 Å². The standard InChI is InChI=1S/C8H10N2O5/c1-8(2)13-4-6(15-8)14-7(11)5(3-9)10-12/h6,12H,4H2,1-2H3/b10-5+. The summed E-state index contributed by atoms with van der Waals surface area (Å²) in [5.74, 6) is -1.88. The van der Waals surface area contributed by atoms with Gasteiger partial charge in [0, 0.05) is 0 Å². The van der Waals surface area contributed by atoms with Crippen molar-refractivity contribution in [2.24, 2.45) is 5.16 Å². The van der Waals surface area contributed by atoms with E-state index in [9.17, 15) is 4.79 Å². The van der Waals surface area contributed by atoms with Gasteiger partial charge in [0.15, 0.2) is 5.79 Å². The van der Waals surface area contributed by atoms with Crippen LogP contribution in [0.15, 0.2) is 5.16 Å². The summed E-state index contributed by atoms with van der Waals surface area (Å²) in [7, 11) is 0. The lowest BCUT2D eigenvalue weighted by atomic mass is 10.4. The number of carbonyl (C=O) groups is 1. The van der Waals surface area contributed by atoms with Gasteiger partial charge in [-0.15, -0.1) is 0 Å². The fourth-order valence-electron chi connectivity index (χ4n) is 0.995. The molecule has 1 unspecified atom stereocenters. The predicted octanol–water partition coefficient (Wildman–Crippen LogP) is -0.00762. The molecule has 1 saturated heterocycles. The third kappa shape index (κ3) is 2.90. The molecule has 0 saturated carbocycles. The predicted molar refractivity (Wildman–Crippen MR) is 45.8 cm³/mol. The van der Waals surface area contributed by atoms with E-state index in [1.54, 1.807) is 13.8 Å². The number of nitrogens with zero attached hydrogens (tertiary/aromatic N) is 2. The van der Waals surface area contributed by atoms with Gasteiger partial charge < -0.3 is 19.4 Å². The van der Waals surface area contributed by atoms with Crippen molar-refractivity contribution >= 4 is 11.7 Å². The van der Waals surface area contributed by atoms with Crippen molar-refractivity contribution in [1.82, 2.24) is 0 Å². The molecule has 1 N–H and O–H groups in total. The van der Waals surface area contributed by atoms with Gasteiger partial charge in [0.1, 0.15) is 12.7 Å². The Morgan fingerprint density at radius 1 is 1.73 bits per heavy atom. The lowest BCUT2D eigenvalue weighted by Gasteiger charge is -2.16. The summed E-state index contributed by atoms with van der Waals surface area (Å²) in [6, 6.07) is 1.38. The molecule has 0 bridgehead atoms. The minimum Gasteiger partial charge on any atom is -0.428 e. The van der Waals surface area contributed by atoms with Gasteiger partial charge in [0.25, 0.3) is 5.71 Å². The van der Waals surface area contributed by atoms with E-state index in [1.165, 1.54) is 6.07 Å². The summed E-state index contributed by atoms with van der Waals surface area (Å²) in [6.07, 6.45) is -0.891. The average Bonchev–Trinajstić information content (AvgIpc) is 2.47. The Hall–Kier alpha value is -1.65. The fourth-order valence-corrected chi connectivity index (χ4v) is 0.995. The highest BCUT2D eigenvalue weighted by Crippen LogP contribution is 2.22. The van der Waals surface area contributed by atoms with E-state index in [0.29, 0.717) is 0 Å². The Labute approximate surface area is 85.8 Å². The maximum absolute atomic E-state index is 11.1. The molecule has 15 heavy (non-hydrogen) atoms. The highest BCUT2D eigenvalue weighted by molar-refractivity contribution is 6.42. The van der Waals surface area contributed by atoms with Crippen molar-refractivity contribution in [3.8, 4) is 6.07 Å². The van der Waals surface area contributed by atoms with Crippen molar-refractivity contribution in [1.29, 1.82) is 5.26 Å². The van der Waals surface area contributed by atoms with Crippen LogP contribution in [0.5, 0.6) is 0 Å². The van der Waals surface area contributed by atoms with E-state index >= 15 is 0 Å². The molecule has 1 aliphatic heterocycles. The van der Waals surface area contributed by atoms with Crippen LogP contribution in [0.2, 0.25) is 0 Å². The summed E-state index contributed by atoms with van der Waals surface area (Å²) in [5, 5.41) is 19.1. The molecule has 1 rings (SSSR count). The molecule has 1 aliphatic rings. The summed E-state index contributed by atoms with van der Waals surface area (Å²) < 4.78 is 15.0. The van der Waals surface area contributed by atoms with Crippen LogP contribution in [0.25, 0.3) is 0 Å². The van der Waals surface area contributed by atoms with E-state index in [0.717, 1.165) is 0 Å². The van der Waals surface area contributed by atoms with Crippen LogP contribution in [0.1, 0.15) is 13.8 Å². The van der Waals surface area contributed by atoms with Crippen LogP contribution in [0.3, 0.4) is 0 Å². The number of oxime groups is 1. The molecule has 1 heterocycles. The minimum atomic E-state index is -1.05. The van der Waals surface area contributed by atoms with Crippen molar-refractivity contribution in [2.75, 3.05) is 6.61 Å². The zero-order chi connectivity index (χ0) is 11.5. The molecule has 82 valence electrons. The zero-order valence-electron chi connectivity index (χ0n) is 8.26. The highest BCUT2D eigenvalue weighted by Gasteiger charge is 2.35. The maximum atomic E-state index is 11.1. The van der Waals surface area contributed by atoms with Crippen LogP contribution < -0.4 is 0 Å². The molecule has 0 aromatic rings. The van der Waals surface area contributed by atoms with Gasteiger partial charge in [0.2, 0.25) is 6.29 Å². The molecule has 0 aromatic heterocycles. The number of hydrogen-bond acceptors (Lipinski definition) is 7. The first-order chi connectivity index (χ1) is 6.98. The Balaban J connectivity index is 2.51. The Morgan fingerprint density at radius 3 is 2.80 bits per heavy atom. The second kappa shape index (κ2) is 4.25. The van der Waals surface area contributed by atoms with E-state index < -0.39 is 23.8 Å². The monoisotopic (exact) mass is 214 g/mol. The van der Waals surface area contributed by atoms with Crippen molar-refractivity contribution in [3.63, 3.8) is 0 Å². The van der Waals surface area contributed by atoms with Gasteiger partial charge >= 0.3 is 5.97 Å². The number of hydrogen-bond donors (Lipinski definition) is 1. The van der Waals surface area contributed by atoms with Gasteiger partial charge in [-0.3, -0.25) is 0 Å². The van der Waals surface area contributed by atoms with Crippen molar-refractivity contribution in [3.05, 3.63) is 0 Å². The number of carbonyl (C=O) groups excluding carboxylic acids is 1. The van der Waals surface area contributed by atoms with Gasteiger partial charge in [-0.05, 0) is 13.8 Å². The van der Waals surface area contributed by atoms with Crippen LogP contribution >= 0.6 is 0 Å². The second-order valence-electron chi connectivity index (χ2n) is 3.22. The molecule has 0 aromatic carbocycles. The molecular weight excluding hydrogens is 204 g/mol. The molecule has 1 atom stereocenters. The van der Waals surface area contributed by atoms with Gasteiger partial charge in [-0.1, -0.05) is 5.16 Å². The van der Waals surface area contributed by atoms with E-state index in [-0.39, 0.29) is 6.61 Å². The highest BCUT2D eigenvalue weighted by atomic mass is 16.8. The molecule has 1 fully saturated rings. The van der Waals surface area contributed by atoms with Gasteiger partial charge in [0.05, 0.1) is 0 Å². The third-order valence-corrected chi connectivity index (χ3v) is 1.62. The normalized spacial score (nSPS) is 24.6. The largest absolute Gasteiger partial charge is 0.428 e. The Bertz CT molecular complexity index is 330. The van der Waals surface area contributed by atoms with Crippen LogP contribution in [-0.2, 0) is 19.0 Å². The Morgan fingerprint density at radius 2 is 2.40 bits per heavy atom. The molecule has 0 spiro atoms. The molecule has 0 radical (unpaired) electrons. The number of nitriles is 1.